The van der Waals surface area contributed by atoms with Crippen LogP contribution in [0.25, 0.3) is 10.9 Å². The molecule has 5 nitrogen and oxygen atoms in total. The lowest BCUT2D eigenvalue weighted by molar-refractivity contribution is 0.0694. The van der Waals surface area contributed by atoms with Crippen molar-refractivity contribution in [3.05, 3.63) is 71.9 Å². The molecule has 6 heteroatoms. The summed E-state index contributed by atoms with van der Waals surface area (Å²) in [5.74, 6) is 1.74. The second-order valence-corrected chi connectivity index (χ2v) is 8.04. The molecule has 0 radical (unpaired) electrons. The minimum atomic E-state index is -0.223. The molecule has 1 unspecified atom stereocenters. The van der Waals surface area contributed by atoms with Crippen molar-refractivity contribution in [1.82, 2.24) is 15.6 Å². The monoisotopic (exact) mass is 516 g/mol. The molecule has 1 aromatic heterocycles. The lowest BCUT2D eigenvalue weighted by atomic mass is 9.90. The summed E-state index contributed by atoms with van der Waals surface area (Å²) in [6.45, 7) is 5.03. The number of aliphatic imine (C=N–C) groups is 1. The third-order valence-electron chi connectivity index (χ3n) is 5.31. The van der Waals surface area contributed by atoms with E-state index < -0.39 is 0 Å². The first-order valence-electron chi connectivity index (χ1n) is 10.1. The Morgan fingerprint density at radius 2 is 1.93 bits per heavy atom. The Labute approximate surface area is 195 Å². The van der Waals surface area contributed by atoms with E-state index in [0.717, 1.165) is 36.6 Å². The molecule has 0 bridgehead atoms. The van der Waals surface area contributed by atoms with E-state index in [4.69, 9.17) is 4.74 Å². The van der Waals surface area contributed by atoms with Gasteiger partial charge < -0.3 is 15.4 Å². The van der Waals surface area contributed by atoms with Crippen LogP contribution in [0.4, 0.5) is 0 Å². The molecule has 0 spiro atoms. The van der Waals surface area contributed by atoms with Crippen molar-refractivity contribution in [2.24, 2.45) is 4.99 Å². The second kappa shape index (κ2) is 9.64. The Hall–Kier alpha value is -2.35. The summed E-state index contributed by atoms with van der Waals surface area (Å²) in [6, 6.07) is 18.8. The lowest BCUT2D eigenvalue weighted by Gasteiger charge is -2.38. The van der Waals surface area contributed by atoms with Crippen LogP contribution in [0.3, 0.4) is 0 Å². The standard InChI is InChI=1S/C24H28N4O.HI/c1-24(2)16-20(19-11-4-5-12-21(19)29-24)28-23(25-3)27-15-13-18-9-6-8-17-10-7-14-26-22(17)18;/h4-12,14,20H,13,15-16H2,1-3H3,(H2,25,27,28);1H. The zero-order valence-corrected chi connectivity index (χ0v) is 20.0. The van der Waals surface area contributed by atoms with E-state index in [0.29, 0.717) is 0 Å². The van der Waals surface area contributed by atoms with Gasteiger partial charge in [-0.3, -0.25) is 9.98 Å². The number of aromatic nitrogens is 1. The number of pyridine rings is 1. The molecule has 0 amide bonds. The molecule has 0 fully saturated rings. The number of hydrogen-bond donors (Lipinski definition) is 2. The number of para-hydroxylation sites is 2. The number of nitrogens with zero attached hydrogens (tertiary/aromatic N) is 2. The number of halogens is 1. The molecule has 2 aromatic carbocycles. The summed E-state index contributed by atoms with van der Waals surface area (Å²) in [5, 5.41) is 8.22. The fourth-order valence-corrected chi connectivity index (χ4v) is 3.98. The maximum Gasteiger partial charge on any atom is 0.191 e. The van der Waals surface area contributed by atoms with Crippen LogP contribution in [0.15, 0.2) is 65.8 Å². The number of guanidine groups is 1. The van der Waals surface area contributed by atoms with Gasteiger partial charge in [-0.2, -0.15) is 0 Å². The molecule has 0 aliphatic carbocycles. The molecular formula is C24H29IN4O. The minimum Gasteiger partial charge on any atom is -0.487 e. The van der Waals surface area contributed by atoms with Crippen LogP contribution in [0.1, 0.15) is 37.4 Å². The van der Waals surface area contributed by atoms with Gasteiger partial charge in [0.1, 0.15) is 11.4 Å². The van der Waals surface area contributed by atoms with Crippen molar-refractivity contribution < 1.29 is 4.74 Å². The number of ether oxygens (including phenoxy) is 1. The van der Waals surface area contributed by atoms with Crippen molar-refractivity contribution in [2.75, 3.05) is 13.6 Å². The molecule has 2 heterocycles. The molecule has 1 aliphatic rings. The van der Waals surface area contributed by atoms with Gasteiger partial charge in [-0.15, -0.1) is 24.0 Å². The highest BCUT2D eigenvalue weighted by Crippen LogP contribution is 2.39. The second-order valence-electron chi connectivity index (χ2n) is 8.04. The van der Waals surface area contributed by atoms with E-state index in [1.54, 1.807) is 0 Å². The number of fused-ring (bicyclic) bond motifs is 2. The van der Waals surface area contributed by atoms with E-state index in [2.05, 4.69) is 70.9 Å². The number of benzene rings is 2. The summed E-state index contributed by atoms with van der Waals surface area (Å²) < 4.78 is 6.14. The Morgan fingerprint density at radius 3 is 2.77 bits per heavy atom. The zero-order valence-electron chi connectivity index (χ0n) is 17.7. The Bertz CT molecular complexity index is 1030. The van der Waals surface area contributed by atoms with E-state index in [1.165, 1.54) is 16.5 Å². The van der Waals surface area contributed by atoms with Gasteiger partial charge in [0.25, 0.3) is 0 Å². The fourth-order valence-electron chi connectivity index (χ4n) is 3.98. The van der Waals surface area contributed by atoms with Crippen molar-refractivity contribution in [1.29, 1.82) is 0 Å². The SMILES string of the molecule is CN=C(NCCc1cccc2cccnc12)NC1CC(C)(C)Oc2ccccc21.I. The van der Waals surface area contributed by atoms with Crippen LogP contribution in [0.2, 0.25) is 0 Å². The Morgan fingerprint density at radius 1 is 1.13 bits per heavy atom. The largest absolute Gasteiger partial charge is 0.487 e. The molecule has 0 saturated carbocycles. The number of hydrogen-bond acceptors (Lipinski definition) is 3. The Kier molecular flexibility index (Phi) is 7.18. The molecule has 2 N–H and O–H groups in total. The summed E-state index contributed by atoms with van der Waals surface area (Å²) in [4.78, 5) is 8.98. The van der Waals surface area contributed by atoms with Crippen molar-refractivity contribution in [2.45, 2.75) is 38.3 Å². The molecule has 3 aromatic rings. The van der Waals surface area contributed by atoms with Gasteiger partial charge >= 0.3 is 0 Å². The number of rotatable bonds is 4. The van der Waals surface area contributed by atoms with Gasteiger partial charge in [-0.05, 0) is 38.0 Å². The van der Waals surface area contributed by atoms with E-state index in [-0.39, 0.29) is 35.6 Å². The molecule has 0 saturated heterocycles. The third-order valence-corrected chi connectivity index (χ3v) is 5.31. The molecular weight excluding hydrogens is 487 g/mol. The van der Waals surface area contributed by atoms with E-state index >= 15 is 0 Å². The van der Waals surface area contributed by atoms with E-state index in [1.807, 2.05) is 31.4 Å². The normalized spacial score (nSPS) is 17.4. The van der Waals surface area contributed by atoms with Crippen LogP contribution in [-0.2, 0) is 6.42 Å². The molecule has 1 atom stereocenters. The van der Waals surface area contributed by atoms with Gasteiger partial charge in [0, 0.05) is 37.2 Å². The van der Waals surface area contributed by atoms with Gasteiger partial charge in [-0.1, -0.05) is 42.5 Å². The van der Waals surface area contributed by atoms with Crippen LogP contribution >= 0.6 is 24.0 Å². The lowest BCUT2D eigenvalue weighted by Crippen LogP contribution is -2.45. The minimum absolute atomic E-state index is 0. The highest BCUT2D eigenvalue weighted by atomic mass is 127. The average Bonchev–Trinajstić information content (AvgIpc) is 2.72. The molecule has 4 rings (SSSR count). The van der Waals surface area contributed by atoms with Crippen molar-refractivity contribution >= 4 is 40.8 Å². The van der Waals surface area contributed by atoms with Crippen molar-refractivity contribution in [3.63, 3.8) is 0 Å². The summed E-state index contributed by atoms with van der Waals surface area (Å²) in [7, 11) is 1.81. The topological polar surface area (TPSA) is 58.5 Å². The summed E-state index contributed by atoms with van der Waals surface area (Å²) in [6.07, 6.45) is 3.60. The first-order chi connectivity index (χ1) is 14.1. The summed E-state index contributed by atoms with van der Waals surface area (Å²) >= 11 is 0. The molecule has 158 valence electrons. The fraction of sp³-hybridized carbons (Fsp3) is 0.333. The van der Waals surface area contributed by atoms with E-state index in [9.17, 15) is 0 Å². The van der Waals surface area contributed by atoms with Gasteiger partial charge in [-0.25, -0.2) is 0 Å². The van der Waals surface area contributed by atoms with Crippen molar-refractivity contribution in [3.8, 4) is 5.75 Å². The third kappa shape index (κ3) is 5.03. The molecule has 30 heavy (non-hydrogen) atoms. The predicted molar refractivity (Wildman–Crippen MR) is 134 cm³/mol. The highest BCUT2D eigenvalue weighted by Gasteiger charge is 2.33. The first kappa shape index (κ1) is 22.3. The highest BCUT2D eigenvalue weighted by molar-refractivity contribution is 14.0. The maximum absolute atomic E-state index is 6.14. The molecule has 1 aliphatic heterocycles. The summed E-state index contributed by atoms with van der Waals surface area (Å²) in [5.41, 5.74) is 3.26. The zero-order chi connectivity index (χ0) is 20.3. The first-order valence-corrected chi connectivity index (χ1v) is 10.1. The van der Waals surface area contributed by atoms with Gasteiger partial charge in [0.05, 0.1) is 11.6 Å². The Balaban J connectivity index is 0.00000256. The van der Waals surface area contributed by atoms with Gasteiger partial charge in [0.2, 0.25) is 0 Å². The quantitative estimate of drug-likeness (QED) is 0.296. The number of nitrogens with one attached hydrogen (secondary N) is 2. The van der Waals surface area contributed by atoms with Crippen LogP contribution in [0.5, 0.6) is 5.75 Å². The maximum atomic E-state index is 6.14. The van der Waals surface area contributed by atoms with Crippen LogP contribution in [0, 0.1) is 0 Å². The van der Waals surface area contributed by atoms with Crippen LogP contribution < -0.4 is 15.4 Å². The predicted octanol–water partition coefficient (Wildman–Crippen LogP) is 4.86. The van der Waals surface area contributed by atoms with Crippen LogP contribution in [-0.4, -0.2) is 30.1 Å². The smallest absolute Gasteiger partial charge is 0.191 e. The average molecular weight is 516 g/mol. The van der Waals surface area contributed by atoms with Gasteiger partial charge in [0.15, 0.2) is 5.96 Å².